The smallest absolute Gasteiger partial charge is 0.263 e. The normalized spacial score (nSPS) is 17.0. The number of likely N-dealkylation sites (tertiary alicyclic amines) is 1. The molecule has 0 atom stereocenters. The largest absolute Gasteiger partial charge is 0.339 e. The van der Waals surface area contributed by atoms with Crippen molar-refractivity contribution in [1.29, 1.82) is 0 Å². The first-order valence-corrected chi connectivity index (χ1v) is 13.2. The van der Waals surface area contributed by atoms with Crippen molar-refractivity contribution < 1.29 is 14.4 Å². The second-order valence-corrected chi connectivity index (χ2v) is 10.3. The molecule has 2 aliphatic heterocycles. The molecule has 1 spiro atoms. The van der Waals surface area contributed by atoms with Crippen molar-refractivity contribution in [1.82, 2.24) is 9.80 Å². The Morgan fingerprint density at radius 1 is 0.972 bits per heavy atom. The second-order valence-electron chi connectivity index (χ2n) is 9.31. The van der Waals surface area contributed by atoms with Crippen LogP contribution in [0, 0.1) is 0 Å². The van der Waals surface area contributed by atoms with Crippen LogP contribution in [0.2, 0.25) is 0 Å². The van der Waals surface area contributed by atoms with Crippen LogP contribution in [-0.4, -0.2) is 59.4 Å². The standard InChI is InChI=1S/C28H30N4O3S/c1-2-21-10-12-22(13-11-21)29-25(33)19-31-20-32(23-7-4-3-5-8-23)28(27(31)35)14-16-30(17-15-28)26(34)24-9-6-18-36-24/h3-13,18H,2,14-17,19-20H2,1H3,(H,29,33). The van der Waals surface area contributed by atoms with Gasteiger partial charge in [0, 0.05) is 24.5 Å². The van der Waals surface area contributed by atoms with Gasteiger partial charge in [0.25, 0.3) is 11.8 Å². The molecule has 3 aromatic rings. The highest BCUT2D eigenvalue weighted by molar-refractivity contribution is 7.12. The fraction of sp³-hybridized carbons (Fsp3) is 0.321. The minimum Gasteiger partial charge on any atom is -0.339 e. The van der Waals surface area contributed by atoms with Crippen LogP contribution in [0.1, 0.15) is 35.0 Å². The van der Waals surface area contributed by atoms with Gasteiger partial charge in [0.15, 0.2) is 0 Å². The van der Waals surface area contributed by atoms with Gasteiger partial charge in [-0.2, -0.15) is 0 Å². The van der Waals surface area contributed by atoms with Crippen LogP contribution in [-0.2, 0) is 16.0 Å². The first-order valence-electron chi connectivity index (χ1n) is 12.3. The topological polar surface area (TPSA) is 73.0 Å². The summed E-state index contributed by atoms with van der Waals surface area (Å²) in [4.78, 5) is 45.9. The van der Waals surface area contributed by atoms with Crippen LogP contribution < -0.4 is 10.2 Å². The molecule has 2 saturated heterocycles. The van der Waals surface area contributed by atoms with Gasteiger partial charge in [-0.3, -0.25) is 14.4 Å². The zero-order chi connectivity index (χ0) is 25.1. The van der Waals surface area contributed by atoms with E-state index in [0.717, 1.165) is 17.8 Å². The summed E-state index contributed by atoms with van der Waals surface area (Å²) in [5.74, 6) is -0.254. The summed E-state index contributed by atoms with van der Waals surface area (Å²) in [6, 6.07) is 21.3. The summed E-state index contributed by atoms with van der Waals surface area (Å²) in [6.45, 7) is 3.40. The molecule has 186 valence electrons. The summed E-state index contributed by atoms with van der Waals surface area (Å²) in [5, 5.41) is 4.82. The lowest BCUT2D eigenvalue weighted by Gasteiger charge is -2.43. The quantitative estimate of drug-likeness (QED) is 0.548. The predicted molar refractivity (Wildman–Crippen MR) is 142 cm³/mol. The van der Waals surface area contributed by atoms with E-state index in [1.165, 1.54) is 16.9 Å². The Hall–Kier alpha value is -3.65. The number of anilines is 2. The molecule has 2 aromatic carbocycles. The highest BCUT2D eigenvalue weighted by Crippen LogP contribution is 2.39. The van der Waals surface area contributed by atoms with Crippen molar-refractivity contribution in [2.24, 2.45) is 0 Å². The summed E-state index contributed by atoms with van der Waals surface area (Å²) in [5.41, 5.74) is 2.10. The zero-order valence-electron chi connectivity index (χ0n) is 20.4. The van der Waals surface area contributed by atoms with E-state index in [4.69, 9.17) is 0 Å². The Balaban J connectivity index is 1.32. The van der Waals surface area contributed by atoms with Crippen LogP contribution in [0.5, 0.6) is 0 Å². The highest BCUT2D eigenvalue weighted by atomic mass is 32.1. The molecule has 2 fully saturated rings. The average molecular weight is 503 g/mol. The molecule has 0 aliphatic carbocycles. The summed E-state index contributed by atoms with van der Waals surface area (Å²) >= 11 is 1.43. The third-order valence-electron chi connectivity index (χ3n) is 7.17. The van der Waals surface area contributed by atoms with Crippen LogP contribution in [0.3, 0.4) is 0 Å². The van der Waals surface area contributed by atoms with Crippen molar-refractivity contribution in [3.63, 3.8) is 0 Å². The number of aryl methyl sites for hydroxylation is 1. The van der Waals surface area contributed by atoms with Gasteiger partial charge in [-0.1, -0.05) is 43.3 Å². The van der Waals surface area contributed by atoms with Gasteiger partial charge in [0.1, 0.15) is 12.1 Å². The number of benzene rings is 2. The average Bonchev–Trinajstić information content (AvgIpc) is 3.54. The van der Waals surface area contributed by atoms with Gasteiger partial charge in [0.2, 0.25) is 5.91 Å². The van der Waals surface area contributed by atoms with Gasteiger partial charge in [-0.05, 0) is 60.5 Å². The number of carbonyl (C=O) groups excluding carboxylic acids is 3. The molecular weight excluding hydrogens is 472 g/mol. The van der Waals surface area contributed by atoms with E-state index in [1.54, 1.807) is 4.90 Å². The number of hydrogen-bond acceptors (Lipinski definition) is 5. The minimum atomic E-state index is -0.767. The molecule has 36 heavy (non-hydrogen) atoms. The number of amides is 3. The fourth-order valence-electron chi connectivity index (χ4n) is 5.16. The number of para-hydroxylation sites is 1. The maximum absolute atomic E-state index is 13.8. The van der Waals surface area contributed by atoms with E-state index in [9.17, 15) is 14.4 Å². The first-order chi connectivity index (χ1) is 17.5. The van der Waals surface area contributed by atoms with E-state index in [-0.39, 0.29) is 24.3 Å². The number of nitrogens with one attached hydrogen (secondary N) is 1. The SMILES string of the molecule is CCc1ccc(NC(=O)CN2CN(c3ccccc3)C3(CCN(C(=O)c4cccs4)CC3)C2=O)cc1. The number of rotatable bonds is 6. The summed E-state index contributed by atoms with van der Waals surface area (Å²) in [7, 11) is 0. The van der Waals surface area contributed by atoms with E-state index in [1.807, 2.05) is 77.0 Å². The van der Waals surface area contributed by atoms with Crippen LogP contribution >= 0.6 is 11.3 Å². The molecule has 0 saturated carbocycles. The molecule has 0 radical (unpaired) electrons. The van der Waals surface area contributed by atoms with Gasteiger partial charge in [-0.15, -0.1) is 11.3 Å². The van der Waals surface area contributed by atoms with Crippen LogP contribution in [0.25, 0.3) is 0 Å². The van der Waals surface area contributed by atoms with Gasteiger partial charge in [-0.25, -0.2) is 0 Å². The minimum absolute atomic E-state index is 0.0156. The lowest BCUT2D eigenvalue weighted by molar-refractivity contribution is -0.136. The predicted octanol–water partition coefficient (Wildman–Crippen LogP) is 4.23. The number of hydrogen-bond donors (Lipinski definition) is 1. The van der Waals surface area contributed by atoms with Crippen molar-refractivity contribution in [2.75, 3.05) is 36.5 Å². The lowest BCUT2D eigenvalue weighted by Crippen LogP contribution is -2.57. The molecule has 0 unspecified atom stereocenters. The summed E-state index contributed by atoms with van der Waals surface area (Å²) in [6.07, 6.45) is 1.98. The Kier molecular flexibility index (Phi) is 6.78. The molecular formula is C28H30N4O3S. The molecule has 5 rings (SSSR count). The van der Waals surface area contributed by atoms with Crippen molar-refractivity contribution in [3.8, 4) is 0 Å². The van der Waals surface area contributed by atoms with Crippen molar-refractivity contribution in [3.05, 3.63) is 82.6 Å². The molecule has 1 N–H and O–H groups in total. The van der Waals surface area contributed by atoms with E-state index in [0.29, 0.717) is 37.5 Å². The number of nitrogens with zero attached hydrogens (tertiary/aromatic N) is 3. The Bertz CT molecular complexity index is 1220. The second kappa shape index (κ2) is 10.1. The monoisotopic (exact) mass is 502 g/mol. The lowest BCUT2D eigenvalue weighted by atomic mass is 9.85. The van der Waals surface area contributed by atoms with Crippen LogP contribution in [0.4, 0.5) is 11.4 Å². The van der Waals surface area contributed by atoms with E-state index < -0.39 is 5.54 Å². The van der Waals surface area contributed by atoms with E-state index in [2.05, 4.69) is 17.1 Å². The maximum atomic E-state index is 13.8. The Morgan fingerprint density at radius 3 is 2.33 bits per heavy atom. The van der Waals surface area contributed by atoms with Crippen molar-refractivity contribution >= 4 is 40.4 Å². The Morgan fingerprint density at radius 2 is 1.69 bits per heavy atom. The third-order valence-corrected chi connectivity index (χ3v) is 8.03. The fourth-order valence-corrected chi connectivity index (χ4v) is 5.85. The first kappa shape index (κ1) is 24.1. The Labute approximate surface area is 215 Å². The molecule has 8 heteroatoms. The molecule has 1 aromatic heterocycles. The third kappa shape index (κ3) is 4.60. The number of piperidine rings is 1. The molecule has 2 aliphatic rings. The van der Waals surface area contributed by atoms with Gasteiger partial charge >= 0.3 is 0 Å². The highest BCUT2D eigenvalue weighted by Gasteiger charge is 2.54. The van der Waals surface area contributed by atoms with Gasteiger partial charge in [0.05, 0.1) is 11.5 Å². The molecule has 3 amide bonds. The zero-order valence-corrected chi connectivity index (χ0v) is 21.2. The maximum Gasteiger partial charge on any atom is 0.263 e. The van der Waals surface area contributed by atoms with Crippen LogP contribution in [0.15, 0.2) is 72.1 Å². The molecule has 7 nitrogen and oxygen atoms in total. The molecule has 0 bridgehead atoms. The van der Waals surface area contributed by atoms with Gasteiger partial charge < -0.3 is 20.0 Å². The molecule has 3 heterocycles. The summed E-state index contributed by atoms with van der Waals surface area (Å²) < 4.78 is 0. The van der Waals surface area contributed by atoms with Crippen molar-refractivity contribution in [2.45, 2.75) is 31.7 Å². The number of carbonyl (C=O) groups is 3. The number of thiophene rings is 1. The van der Waals surface area contributed by atoms with E-state index >= 15 is 0 Å².